The van der Waals surface area contributed by atoms with E-state index in [-0.39, 0.29) is 11.5 Å². The van der Waals surface area contributed by atoms with E-state index in [1.54, 1.807) is 47.0 Å². The van der Waals surface area contributed by atoms with Gasteiger partial charge in [-0.05, 0) is 41.7 Å². The van der Waals surface area contributed by atoms with Gasteiger partial charge in [-0.3, -0.25) is 9.59 Å². The third-order valence-electron chi connectivity index (χ3n) is 5.18. The number of amides is 2. The minimum absolute atomic E-state index is 0.0161. The largest absolute Gasteiger partial charge is 0.488 e. The second-order valence-electron chi connectivity index (χ2n) is 7.52. The monoisotopic (exact) mass is 444 g/mol. The van der Waals surface area contributed by atoms with Crippen LogP contribution in [0.15, 0.2) is 54.7 Å². The van der Waals surface area contributed by atoms with Gasteiger partial charge in [0.05, 0.1) is 16.8 Å². The molecule has 3 heterocycles. The highest BCUT2D eigenvalue weighted by atomic mass is 16.4. The number of fused-ring (bicyclic) bond motifs is 1. The zero-order chi connectivity index (χ0) is 23.7. The highest BCUT2D eigenvalue weighted by molar-refractivity contribution is 6.58. The molecule has 7 N–H and O–H groups in total. The van der Waals surface area contributed by atoms with Gasteiger partial charge in [-0.2, -0.15) is 0 Å². The van der Waals surface area contributed by atoms with Crippen molar-refractivity contribution in [3.05, 3.63) is 77.1 Å². The van der Waals surface area contributed by atoms with Crippen LogP contribution in [0.2, 0.25) is 0 Å². The van der Waals surface area contributed by atoms with E-state index in [1.165, 1.54) is 6.07 Å². The molecule has 0 aliphatic rings. The second kappa shape index (κ2) is 8.73. The smallest absolute Gasteiger partial charge is 0.423 e. The molecule has 0 atom stereocenters. The number of anilines is 1. The van der Waals surface area contributed by atoms with Crippen LogP contribution in [-0.2, 0) is 6.54 Å². The van der Waals surface area contributed by atoms with Crippen LogP contribution in [0.25, 0.3) is 17.0 Å². The van der Waals surface area contributed by atoms with Crippen molar-refractivity contribution in [2.45, 2.75) is 13.5 Å². The molecule has 0 spiro atoms. The van der Waals surface area contributed by atoms with Crippen LogP contribution in [0.4, 0.5) is 5.82 Å². The Balaban J connectivity index is 1.76. The van der Waals surface area contributed by atoms with E-state index < -0.39 is 18.9 Å². The average molecular weight is 444 g/mol. The molecule has 0 bridgehead atoms. The van der Waals surface area contributed by atoms with Crippen molar-refractivity contribution in [2.24, 2.45) is 11.5 Å². The Bertz CT molecular complexity index is 1380. The molecular weight excluding hydrogens is 423 g/mol. The Morgan fingerprint density at radius 3 is 2.55 bits per heavy atom. The molecule has 2 amide bonds. The zero-order valence-corrected chi connectivity index (χ0v) is 17.7. The molecule has 0 radical (unpaired) electrons. The molecule has 166 valence electrons. The lowest BCUT2D eigenvalue weighted by Gasteiger charge is -2.11. The van der Waals surface area contributed by atoms with E-state index in [1.807, 2.05) is 13.0 Å². The molecular formula is C22H21BN6O4. The number of hydrogen-bond donors (Lipinski definition) is 5. The van der Waals surface area contributed by atoms with Crippen LogP contribution in [0.3, 0.4) is 0 Å². The Kier molecular flexibility index (Phi) is 5.82. The van der Waals surface area contributed by atoms with Crippen LogP contribution in [0.5, 0.6) is 0 Å². The van der Waals surface area contributed by atoms with E-state index in [0.29, 0.717) is 34.6 Å². The number of nitrogens with two attached hydrogens (primary N) is 2. The Labute approximate surface area is 189 Å². The summed E-state index contributed by atoms with van der Waals surface area (Å²) in [6, 6.07) is 13.3. The molecule has 1 aromatic carbocycles. The van der Waals surface area contributed by atoms with E-state index >= 15 is 0 Å². The molecule has 3 aromatic heterocycles. The molecule has 0 aliphatic carbocycles. The topological polar surface area (TPSA) is 169 Å². The number of nitrogens with zero attached hydrogens (tertiary/aromatic N) is 3. The highest BCUT2D eigenvalue weighted by Crippen LogP contribution is 2.27. The lowest BCUT2D eigenvalue weighted by atomic mass is 9.80. The number of benzene rings is 1. The standard InChI is InChI=1S/C22H21BN6O4/c1-12-8-17-15(20(24)30)6-3-7-29(17)19(12)22-27-16(21(25)31)10-18(28-22)26-11-13-4-2-5-14(9-13)23(32)33/h2-10,32-33H,11H2,1H3,(H2,24,30)(H2,25,31)(H,26,27,28). The quantitative estimate of drug-likeness (QED) is 0.254. The lowest BCUT2D eigenvalue weighted by molar-refractivity contribution is 0.0989. The van der Waals surface area contributed by atoms with Crippen LogP contribution in [-0.4, -0.2) is 43.3 Å². The molecule has 0 fully saturated rings. The third kappa shape index (κ3) is 4.40. The number of carbonyl (C=O) groups excluding carboxylic acids is 2. The van der Waals surface area contributed by atoms with Gasteiger partial charge in [0.15, 0.2) is 5.82 Å². The molecule has 4 aromatic rings. The average Bonchev–Trinajstić information content (AvgIpc) is 3.13. The fourth-order valence-corrected chi connectivity index (χ4v) is 3.65. The number of hydrogen-bond acceptors (Lipinski definition) is 7. The second-order valence-corrected chi connectivity index (χ2v) is 7.52. The Morgan fingerprint density at radius 2 is 1.85 bits per heavy atom. The molecule has 0 unspecified atom stereocenters. The van der Waals surface area contributed by atoms with Crippen molar-refractivity contribution >= 4 is 35.7 Å². The summed E-state index contributed by atoms with van der Waals surface area (Å²) in [5, 5.41) is 21.9. The number of aryl methyl sites for hydroxylation is 1. The fourth-order valence-electron chi connectivity index (χ4n) is 3.65. The summed E-state index contributed by atoms with van der Waals surface area (Å²) in [4.78, 5) is 32.6. The summed E-state index contributed by atoms with van der Waals surface area (Å²) >= 11 is 0. The fraction of sp³-hybridized carbons (Fsp3) is 0.0909. The number of carbonyl (C=O) groups is 2. The molecule has 4 rings (SSSR count). The third-order valence-corrected chi connectivity index (χ3v) is 5.18. The number of aromatic nitrogens is 3. The van der Waals surface area contributed by atoms with Gasteiger partial charge in [-0.15, -0.1) is 0 Å². The first kappa shape index (κ1) is 22.0. The first-order valence-electron chi connectivity index (χ1n) is 10.0. The van der Waals surface area contributed by atoms with Gasteiger partial charge in [0.2, 0.25) is 0 Å². The van der Waals surface area contributed by atoms with Gasteiger partial charge in [-0.25, -0.2) is 9.97 Å². The first-order chi connectivity index (χ1) is 15.7. The summed E-state index contributed by atoms with van der Waals surface area (Å²) in [5.74, 6) is -0.686. The van der Waals surface area contributed by atoms with Crippen LogP contribution in [0, 0.1) is 6.92 Å². The maximum Gasteiger partial charge on any atom is 0.488 e. The zero-order valence-electron chi connectivity index (χ0n) is 17.7. The number of primary amides is 2. The predicted octanol–water partition coefficient (Wildman–Crippen LogP) is 0.194. The Hall–Kier alpha value is -4.22. The minimum atomic E-state index is -1.58. The maximum atomic E-state index is 11.9. The minimum Gasteiger partial charge on any atom is -0.423 e. The number of pyridine rings is 1. The number of rotatable bonds is 7. The molecule has 0 saturated carbocycles. The molecule has 10 nitrogen and oxygen atoms in total. The van der Waals surface area contributed by atoms with Crippen LogP contribution in [0.1, 0.15) is 32.0 Å². The maximum absolute atomic E-state index is 11.9. The van der Waals surface area contributed by atoms with Crippen LogP contribution >= 0.6 is 0 Å². The summed E-state index contributed by atoms with van der Waals surface area (Å²) in [6.45, 7) is 2.14. The summed E-state index contributed by atoms with van der Waals surface area (Å²) in [6.07, 6.45) is 1.75. The summed E-state index contributed by atoms with van der Waals surface area (Å²) < 4.78 is 1.74. The highest BCUT2D eigenvalue weighted by Gasteiger charge is 2.19. The Morgan fingerprint density at radius 1 is 1.06 bits per heavy atom. The van der Waals surface area contributed by atoms with Crippen molar-refractivity contribution < 1.29 is 19.6 Å². The first-order valence-corrected chi connectivity index (χ1v) is 10.0. The van der Waals surface area contributed by atoms with Crippen molar-refractivity contribution in [3.8, 4) is 11.5 Å². The summed E-state index contributed by atoms with van der Waals surface area (Å²) in [7, 11) is -1.58. The molecule has 11 heteroatoms. The lowest BCUT2D eigenvalue weighted by Crippen LogP contribution is -2.30. The van der Waals surface area contributed by atoms with E-state index in [0.717, 1.165) is 11.1 Å². The van der Waals surface area contributed by atoms with Gasteiger partial charge in [0.1, 0.15) is 11.5 Å². The van der Waals surface area contributed by atoms with Gasteiger partial charge < -0.3 is 31.2 Å². The van der Waals surface area contributed by atoms with Crippen molar-refractivity contribution in [3.63, 3.8) is 0 Å². The normalized spacial score (nSPS) is 10.9. The molecule has 0 aliphatic heterocycles. The van der Waals surface area contributed by atoms with Gasteiger partial charge in [-0.1, -0.05) is 24.3 Å². The summed E-state index contributed by atoms with van der Waals surface area (Å²) in [5.41, 5.74) is 14.5. The van der Waals surface area contributed by atoms with Crippen molar-refractivity contribution in [1.29, 1.82) is 0 Å². The molecule has 33 heavy (non-hydrogen) atoms. The van der Waals surface area contributed by atoms with Gasteiger partial charge in [0, 0.05) is 18.8 Å². The predicted molar refractivity (Wildman–Crippen MR) is 124 cm³/mol. The van der Waals surface area contributed by atoms with Crippen LogP contribution < -0.4 is 22.2 Å². The van der Waals surface area contributed by atoms with E-state index in [2.05, 4.69) is 15.3 Å². The van der Waals surface area contributed by atoms with E-state index in [9.17, 15) is 19.6 Å². The SMILES string of the molecule is Cc1cc2c(C(N)=O)cccn2c1-c1nc(NCc2cccc(B(O)O)c2)cc(C(N)=O)n1. The number of nitrogens with one attached hydrogen (secondary N) is 1. The van der Waals surface area contributed by atoms with Gasteiger partial charge >= 0.3 is 7.12 Å². The van der Waals surface area contributed by atoms with Crippen molar-refractivity contribution in [2.75, 3.05) is 5.32 Å². The van der Waals surface area contributed by atoms with Crippen molar-refractivity contribution in [1.82, 2.24) is 14.4 Å². The molecule has 0 saturated heterocycles. The van der Waals surface area contributed by atoms with E-state index in [4.69, 9.17) is 11.5 Å². The van der Waals surface area contributed by atoms with Gasteiger partial charge in [0.25, 0.3) is 11.8 Å².